The maximum atomic E-state index is 12.4. The molecule has 1 aromatic rings. The third-order valence-electron chi connectivity index (χ3n) is 6.11. The van der Waals surface area contributed by atoms with E-state index in [-0.39, 0.29) is 12.1 Å². The fraction of sp³-hybridized carbons (Fsp3) is 0.632. The van der Waals surface area contributed by atoms with Gasteiger partial charge in [-0.15, -0.1) is 0 Å². The van der Waals surface area contributed by atoms with Gasteiger partial charge in [0.1, 0.15) is 5.25 Å². The topological polar surface area (TPSA) is 128 Å². The predicted molar refractivity (Wildman–Crippen MR) is 112 cm³/mol. The number of nitrogens with two attached hydrogens (primary N) is 1. The summed E-state index contributed by atoms with van der Waals surface area (Å²) >= 11 is 0. The van der Waals surface area contributed by atoms with Crippen LogP contribution in [0.4, 0.5) is 0 Å². The first-order valence-electron chi connectivity index (χ1n) is 9.87. The first kappa shape index (κ1) is 23.2. The highest BCUT2D eigenvalue weighted by Gasteiger charge is 2.53. The zero-order chi connectivity index (χ0) is 22.3. The summed E-state index contributed by atoms with van der Waals surface area (Å²) < 4.78 is 52.3. The number of nitrogens with zero attached hydrogens (tertiary/aromatic N) is 1. The number of rotatable bonds is 6. The number of benzene rings is 1. The zero-order valence-corrected chi connectivity index (χ0v) is 18.6. The molecule has 0 spiro atoms. The van der Waals surface area contributed by atoms with E-state index in [0.717, 1.165) is 0 Å². The smallest absolute Gasteiger partial charge is 0.399 e. The number of morpholine rings is 1. The summed E-state index contributed by atoms with van der Waals surface area (Å²) in [4.78, 5) is 13.7. The summed E-state index contributed by atoms with van der Waals surface area (Å²) in [6.07, 6.45) is 0. The van der Waals surface area contributed by atoms with Crippen LogP contribution in [-0.2, 0) is 24.2 Å². The molecule has 3 rings (SSSR count). The van der Waals surface area contributed by atoms with Crippen LogP contribution in [0.15, 0.2) is 18.2 Å². The summed E-state index contributed by atoms with van der Waals surface area (Å²) in [6.45, 7) is 9.65. The lowest BCUT2D eigenvalue weighted by atomic mass is 9.74. The first-order chi connectivity index (χ1) is 13.8. The van der Waals surface area contributed by atoms with Crippen molar-refractivity contribution >= 4 is 28.6 Å². The van der Waals surface area contributed by atoms with Crippen molar-refractivity contribution in [2.45, 2.75) is 44.1 Å². The van der Waals surface area contributed by atoms with Gasteiger partial charge in [0.2, 0.25) is 5.91 Å². The van der Waals surface area contributed by atoms with Crippen molar-refractivity contribution < 1.29 is 31.8 Å². The van der Waals surface area contributed by atoms with Crippen molar-refractivity contribution in [1.29, 1.82) is 0 Å². The number of carbonyl (C=O) groups excluding carboxylic acids is 1. The van der Waals surface area contributed by atoms with Crippen LogP contribution in [-0.4, -0.2) is 74.9 Å². The fourth-order valence-corrected chi connectivity index (χ4v) is 4.50. The molecule has 0 bridgehead atoms. The lowest BCUT2D eigenvalue weighted by Gasteiger charge is -2.32. The Bertz CT molecular complexity index is 897. The van der Waals surface area contributed by atoms with Gasteiger partial charge in [0.15, 0.2) is 0 Å². The largest absolute Gasteiger partial charge is 0.495 e. The van der Waals surface area contributed by atoms with Crippen LogP contribution < -0.4 is 11.2 Å². The zero-order valence-electron chi connectivity index (χ0n) is 17.8. The van der Waals surface area contributed by atoms with Crippen molar-refractivity contribution in [3.63, 3.8) is 0 Å². The van der Waals surface area contributed by atoms with E-state index in [1.807, 2.05) is 32.6 Å². The Labute approximate surface area is 177 Å². The summed E-state index contributed by atoms with van der Waals surface area (Å²) in [5.74, 6) is -0.657. The molecular weight excluding hydrogens is 411 g/mol. The molecule has 9 nitrogen and oxygen atoms in total. The molecular formula is C19H29BN2O7S. The van der Waals surface area contributed by atoms with Gasteiger partial charge in [-0.25, -0.2) is 0 Å². The lowest BCUT2D eigenvalue weighted by molar-refractivity contribution is 0.00578. The molecule has 166 valence electrons. The van der Waals surface area contributed by atoms with Crippen LogP contribution in [0.2, 0.25) is 0 Å². The minimum atomic E-state index is -4.47. The molecule has 1 amide bonds. The molecule has 0 saturated carbocycles. The molecule has 2 fully saturated rings. The summed E-state index contributed by atoms with van der Waals surface area (Å²) in [5, 5.41) is -1.24. The van der Waals surface area contributed by atoms with Gasteiger partial charge in [0, 0.05) is 25.2 Å². The molecule has 0 aliphatic carbocycles. The molecule has 2 saturated heterocycles. The monoisotopic (exact) mass is 440 g/mol. The van der Waals surface area contributed by atoms with E-state index in [1.54, 1.807) is 0 Å². The maximum absolute atomic E-state index is 12.4. The molecule has 1 unspecified atom stereocenters. The third-order valence-corrected chi connectivity index (χ3v) is 7.23. The Morgan fingerprint density at radius 1 is 1.20 bits per heavy atom. The SMILES string of the molecule is CC1(C)OB(c2cc(C(N)=O)ccc2C(CN2CCOCC2)S(=O)(=O)O)OC1(C)C. The molecule has 0 radical (unpaired) electrons. The second kappa shape index (κ2) is 8.21. The van der Waals surface area contributed by atoms with Crippen molar-refractivity contribution in [3.8, 4) is 0 Å². The van der Waals surface area contributed by atoms with Gasteiger partial charge in [-0.1, -0.05) is 6.07 Å². The number of hydrogen-bond acceptors (Lipinski definition) is 7. The van der Waals surface area contributed by atoms with Gasteiger partial charge in [-0.3, -0.25) is 14.2 Å². The Kier molecular flexibility index (Phi) is 6.34. The average Bonchev–Trinajstić information content (AvgIpc) is 2.86. The van der Waals surface area contributed by atoms with Gasteiger partial charge in [0.05, 0.1) is 24.4 Å². The van der Waals surface area contributed by atoms with E-state index in [4.69, 9.17) is 19.8 Å². The molecule has 2 heterocycles. The first-order valence-corrected chi connectivity index (χ1v) is 11.4. The van der Waals surface area contributed by atoms with E-state index in [9.17, 15) is 17.8 Å². The Morgan fingerprint density at radius 3 is 2.27 bits per heavy atom. The van der Waals surface area contributed by atoms with E-state index < -0.39 is 39.6 Å². The second-order valence-corrected chi connectivity index (χ2v) is 10.3. The van der Waals surface area contributed by atoms with Crippen LogP contribution >= 0.6 is 0 Å². The van der Waals surface area contributed by atoms with Crippen LogP contribution in [0.1, 0.15) is 48.9 Å². The van der Waals surface area contributed by atoms with E-state index in [1.165, 1.54) is 18.2 Å². The van der Waals surface area contributed by atoms with Crippen LogP contribution in [0, 0.1) is 0 Å². The molecule has 1 atom stereocenters. The van der Waals surface area contributed by atoms with Crippen molar-refractivity contribution in [3.05, 3.63) is 29.3 Å². The van der Waals surface area contributed by atoms with Gasteiger partial charge < -0.3 is 19.8 Å². The van der Waals surface area contributed by atoms with Gasteiger partial charge in [-0.05, 0) is 50.9 Å². The normalized spacial score (nSPS) is 22.8. The third kappa shape index (κ3) is 4.71. The minimum Gasteiger partial charge on any atom is -0.399 e. The van der Waals surface area contributed by atoms with Gasteiger partial charge in [-0.2, -0.15) is 8.42 Å². The number of carbonyl (C=O) groups is 1. The highest BCUT2D eigenvalue weighted by molar-refractivity contribution is 7.86. The molecule has 2 aliphatic heterocycles. The molecule has 1 aromatic carbocycles. The quantitative estimate of drug-likeness (QED) is 0.479. The molecule has 11 heteroatoms. The molecule has 3 N–H and O–H groups in total. The minimum absolute atomic E-state index is 0.0740. The number of hydrogen-bond donors (Lipinski definition) is 2. The maximum Gasteiger partial charge on any atom is 0.495 e. The Morgan fingerprint density at radius 2 is 1.77 bits per heavy atom. The number of primary amides is 1. The van der Waals surface area contributed by atoms with E-state index in [2.05, 4.69) is 0 Å². The number of amides is 1. The summed E-state index contributed by atoms with van der Waals surface area (Å²) in [7, 11) is -5.39. The van der Waals surface area contributed by atoms with Crippen molar-refractivity contribution in [2.24, 2.45) is 5.73 Å². The van der Waals surface area contributed by atoms with Crippen LogP contribution in [0.5, 0.6) is 0 Å². The second-order valence-electron chi connectivity index (χ2n) is 8.71. The Hall–Kier alpha value is -1.50. The molecule has 30 heavy (non-hydrogen) atoms. The molecule has 2 aliphatic rings. The predicted octanol–water partition coefficient (Wildman–Crippen LogP) is 0.346. The van der Waals surface area contributed by atoms with Crippen LogP contribution in [0.25, 0.3) is 0 Å². The Balaban J connectivity index is 2.06. The van der Waals surface area contributed by atoms with Gasteiger partial charge in [0.25, 0.3) is 10.1 Å². The fourth-order valence-electron chi connectivity index (χ4n) is 3.57. The average molecular weight is 440 g/mol. The highest BCUT2D eigenvalue weighted by Crippen LogP contribution is 2.37. The lowest BCUT2D eigenvalue weighted by Crippen LogP contribution is -2.44. The van der Waals surface area contributed by atoms with Crippen LogP contribution in [0.3, 0.4) is 0 Å². The van der Waals surface area contributed by atoms with E-state index in [0.29, 0.717) is 37.3 Å². The standard InChI is InChI=1S/C19H29BN2O7S/c1-18(2)19(3,4)29-20(28-18)15-11-13(17(21)23)5-6-14(15)16(30(24,25)26)12-22-7-9-27-10-8-22/h5-6,11,16H,7-10,12H2,1-4H3,(H2,21,23)(H,24,25,26). The molecule has 0 aromatic heterocycles. The highest BCUT2D eigenvalue weighted by atomic mass is 32.2. The van der Waals surface area contributed by atoms with Gasteiger partial charge >= 0.3 is 7.12 Å². The summed E-state index contributed by atoms with van der Waals surface area (Å²) in [6, 6.07) is 4.43. The van der Waals surface area contributed by atoms with E-state index >= 15 is 0 Å². The van der Waals surface area contributed by atoms with Crippen molar-refractivity contribution in [1.82, 2.24) is 4.90 Å². The number of ether oxygens (including phenoxy) is 1. The summed E-state index contributed by atoms with van der Waals surface area (Å²) in [5.41, 5.74) is 4.97. The van der Waals surface area contributed by atoms with Crippen molar-refractivity contribution in [2.75, 3.05) is 32.8 Å².